The number of carbonyl (C=O) groups is 2. The molecule has 0 radical (unpaired) electrons. The van der Waals surface area contributed by atoms with Crippen molar-refractivity contribution in [1.82, 2.24) is 4.90 Å². The third-order valence-electron chi connectivity index (χ3n) is 3.35. The zero-order valence-electron chi connectivity index (χ0n) is 12.7. The monoisotopic (exact) mass is 292 g/mol. The third-order valence-corrected chi connectivity index (χ3v) is 3.35. The van der Waals surface area contributed by atoms with E-state index in [1.807, 2.05) is 30.9 Å². The molecule has 0 aliphatic rings. The molecule has 6 nitrogen and oxygen atoms in total. The van der Waals surface area contributed by atoms with Crippen molar-refractivity contribution in [3.05, 3.63) is 23.8 Å². The lowest BCUT2D eigenvalue weighted by Gasteiger charge is -2.18. The molecule has 1 aromatic carbocycles. The first-order chi connectivity index (χ1) is 9.93. The van der Waals surface area contributed by atoms with Crippen molar-refractivity contribution in [3.8, 4) is 0 Å². The molecule has 0 fully saturated rings. The van der Waals surface area contributed by atoms with Crippen LogP contribution in [-0.4, -0.2) is 36.3 Å². The van der Waals surface area contributed by atoms with Gasteiger partial charge in [-0.2, -0.15) is 0 Å². The first-order valence-corrected chi connectivity index (χ1v) is 7.09. The van der Waals surface area contributed by atoms with Gasteiger partial charge in [0.25, 0.3) is 0 Å². The van der Waals surface area contributed by atoms with Gasteiger partial charge in [-0.25, -0.2) is 0 Å². The van der Waals surface area contributed by atoms with Crippen LogP contribution >= 0.6 is 0 Å². The van der Waals surface area contributed by atoms with Crippen LogP contribution in [0.1, 0.15) is 25.3 Å². The number of hydrogen-bond acceptors (Lipinski definition) is 4. The third kappa shape index (κ3) is 5.83. The fourth-order valence-corrected chi connectivity index (χ4v) is 2.03. The van der Waals surface area contributed by atoms with E-state index in [0.717, 1.165) is 17.8 Å². The maximum absolute atomic E-state index is 11.9. The second-order valence-electron chi connectivity index (χ2n) is 5.01. The van der Waals surface area contributed by atoms with Crippen LogP contribution in [0.2, 0.25) is 0 Å². The molecule has 0 spiro atoms. The summed E-state index contributed by atoms with van der Waals surface area (Å²) in [6.07, 6.45) is 1.07. The van der Waals surface area contributed by atoms with Gasteiger partial charge in [-0.05, 0) is 44.1 Å². The number of nitrogen functional groups attached to an aromatic ring is 1. The molecule has 5 N–H and O–H groups in total. The van der Waals surface area contributed by atoms with Gasteiger partial charge in [0.1, 0.15) is 0 Å². The predicted molar refractivity (Wildman–Crippen MR) is 84.8 cm³/mol. The fraction of sp³-hybridized carbons (Fsp3) is 0.467. The molecule has 2 amide bonds. The molecule has 0 saturated carbocycles. The highest BCUT2D eigenvalue weighted by Crippen LogP contribution is 2.20. The minimum atomic E-state index is -0.350. The van der Waals surface area contributed by atoms with Gasteiger partial charge in [0.05, 0.1) is 6.54 Å². The quantitative estimate of drug-likeness (QED) is 0.624. The fourth-order valence-electron chi connectivity index (χ4n) is 2.03. The van der Waals surface area contributed by atoms with E-state index in [4.69, 9.17) is 11.5 Å². The van der Waals surface area contributed by atoms with Crippen molar-refractivity contribution in [2.75, 3.05) is 30.7 Å². The number of nitrogens with one attached hydrogen (secondary N) is 1. The summed E-state index contributed by atoms with van der Waals surface area (Å²) in [5, 5.41) is 2.85. The lowest BCUT2D eigenvalue weighted by molar-refractivity contribution is -0.119. The van der Waals surface area contributed by atoms with Crippen LogP contribution in [0.5, 0.6) is 0 Å². The summed E-state index contributed by atoms with van der Waals surface area (Å²) < 4.78 is 0. The second-order valence-corrected chi connectivity index (χ2v) is 5.01. The number of benzene rings is 1. The van der Waals surface area contributed by atoms with Crippen molar-refractivity contribution in [3.63, 3.8) is 0 Å². The SMILES string of the molecule is CCN(CCCC(=O)Nc1cccc(N)c1C)CC(N)=O. The number of nitrogens with two attached hydrogens (primary N) is 2. The maximum atomic E-state index is 11.9. The Morgan fingerprint density at radius 1 is 1.33 bits per heavy atom. The number of likely N-dealkylation sites (N-methyl/N-ethyl adjacent to an activating group) is 1. The number of hydrogen-bond donors (Lipinski definition) is 3. The minimum absolute atomic E-state index is 0.0566. The van der Waals surface area contributed by atoms with Crippen molar-refractivity contribution in [2.24, 2.45) is 5.73 Å². The molecule has 1 rings (SSSR count). The molecule has 0 heterocycles. The molecule has 0 atom stereocenters. The van der Waals surface area contributed by atoms with Gasteiger partial charge in [-0.1, -0.05) is 13.0 Å². The Morgan fingerprint density at radius 3 is 2.67 bits per heavy atom. The zero-order valence-corrected chi connectivity index (χ0v) is 12.7. The average molecular weight is 292 g/mol. The number of primary amides is 1. The molecule has 21 heavy (non-hydrogen) atoms. The summed E-state index contributed by atoms with van der Waals surface area (Å²) in [6.45, 7) is 5.46. The molecule has 1 aromatic rings. The van der Waals surface area contributed by atoms with Crippen LogP contribution in [-0.2, 0) is 9.59 Å². The van der Waals surface area contributed by atoms with E-state index in [1.165, 1.54) is 0 Å². The first kappa shape index (κ1) is 17.0. The van der Waals surface area contributed by atoms with E-state index in [9.17, 15) is 9.59 Å². The summed E-state index contributed by atoms with van der Waals surface area (Å²) in [5.74, 6) is -0.407. The van der Waals surface area contributed by atoms with E-state index < -0.39 is 0 Å². The Bertz CT molecular complexity index is 502. The lowest BCUT2D eigenvalue weighted by atomic mass is 10.1. The number of amides is 2. The van der Waals surface area contributed by atoms with Crippen molar-refractivity contribution >= 4 is 23.2 Å². The number of carbonyl (C=O) groups excluding carboxylic acids is 2. The summed E-state index contributed by atoms with van der Waals surface area (Å²) in [7, 11) is 0. The highest BCUT2D eigenvalue weighted by molar-refractivity contribution is 5.92. The smallest absolute Gasteiger partial charge is 0.231 e. The maximum Gasteiger partial charge on any atom is 0.231 e. The van der Waals surface area contributed by atoms with Gasteiger partial charge >= 0.3 is 0 Å². The molecule has 0 bridgehead atoms. The van der Waals surface area contributed by atoms with Crippen LogP contribution in [0.15, 0.2) is 18.2 Å². The van der Waals surface area contributed by atoms with Gasteiger partial charge < -0.3 is 16.8 Å². The highest BCUT2D eigenvalue weighted by Gasteiger charge is 2.09. The summed E-state index contributed by atoms with van der Waals surface area (Å²) in [6, 6.07) is 5.44. The first-order valence-electron chi connectivity index (χ1n) is 7.09. The van der Waals surface area contributed by atoms with E-state index in [-0.39, 0.29) is 18.4 Å². The van der Waals surface area contributed by atoms with E-state index in [0.29, 0.717) is 25.1 Å². The minimum Gasteiger partial charge on any atom is -0.398 e. The van der Waals surface area contributed by atoms with Gasteiger partial charge in [0.15, 0.2) is 0 Å². The molecule has 0 aliphatic carbocycles. The topological polar surface area (TPSA) is 101 Å². The summed E-state index contributed by atoms with van der Waals surface area (Å²) >= 11 is 0. The van der Waals surface area contributed by atoms with Crippen LogP contribution in [0.4, 0.5) is 11.4 Å². The average Bonchev–Trinajstić information content (AvgIpc) is 2.42. The van der Waals surface area contributed by atoms with Gasteiger partial charge in [0.2, 0.25) is 11.8 Å². The van der Waals surface area contributed by atoms with Crippen molar-refractivity contribution in [2.45, 2.75) is 26.7 Å². The Morgan fingerprint density at radius 2 is 2.05 bits per heavy atom. The normalized spacial score (nSPS) is 10.6. The van der Waals surface area contributed by atoms with Crippen LogP contribution < -0.4 is 16.8 Å². The number of rotatable bonds is 8. The molecule has 0 aromatic heterocycles. The molecular formula is C15H24N4O2. The van der Waals surface area contributed by atoms with Gasteiger partial charge in [0, 0.05) is 17.8 Å². The van der Waals surface area contributed by atoms with E-state index >= 15 is 0 Å². The van der Waals surface area contributed by atoms with Crippen LogP contribution in [0.25, 0.3) is 0 Å². The Hall–Kier alpha value is -2.08. The molecular weight excluding hydrogens is 268 g/mol. The Kier molecular flexibility index (Phi) is 6.68. The summed E-state index contributed by atoms with van der Waals surface area (Å²) in [4.78, 5) is 24.7. The molecule has 116 valence electrons. The molecule has 6 heteroatoms. The molecule has 0 saturated heterocycles. The lowest BCUT2D eigenvalue weighted by Crippen LogP contribution is -2.34. The standard InChI is InChI=1S/C15H24N4O2/c1-3-19(10-14(17)20)9-5-8-15(21)18-13-7-4-6-12(16)11(13)2/h4,6-7H,3,5,8-10,16H2,1-2H3,(H2,17,20)(H,18,21). The van der Waals surface area contributed by atoms with Crippen molar-refractivity contribution in [1.29, 1.82) is 0 Å². The van der Waals surface area contributed by atoms with E-state index in [1.54, 1.807) is 6.07 Å². The molecule has 0 aliphatic heterocycles. The molecule has 0 unspecified atom stereocenters. The zero-order chi connectivity index (χ0) is 15.8. The largest absolute Gasteiger partial charge is 0.398 e. The predicted octanol–water partition coefficient (Wildman–Crippen LogP) is 1.10. The van der Waals surface area contributed by atoms with Gasteiger partial charge in [-0.3, -0.25) is 14.5 Å². The number of anilines is 2. The van der Waals surface area contributed by atoms with Crippen LogP contribution in [0, 0.1) is 6.92 Å². The highest BCUT2D eigenvalue weighted by atomic mass is 16.2. The number of nitrogens with zero attached hydrogens (tertiary/aromatic N) is 1. The summed E-state index contributed by atoms with van der Waals surface area (Å²) in [5.41, 5.74) is 13.2. The Balaban J connectivity index is 2.40. The van der Waals surface area contributed by atoms with Crippen LogP contribution in [0.3, 0.4) is 0 Å². The van der Waals surface area contributed by atoms with Gasteiger partial charge in [-0.15, -0.1) is 0 Å². The van der Waals surface area contributed by atoms with Crippen molar-refractivity contribution < 1.29 is 9.59 Å². The Labute approximate surface area is 125 Å². The second kappa shape index (κ2) is 8.26. The van der Waals surface area contributed by atoms with E-state index in [2.05, 4.69) is 5.32 Å².